The monoisotopic (exact) mass is 497 g/mol. The summed E-state index contributed by atoms with van der Waals surface area (Å²) in [6, 6.07) is 4.09. The number of hydrogen-bond acceptors (Lipinski definition) is 9. The zero-order valence-corrected chi connectivity index (χ0v) is 21.5. The predicted octanol–water partition coefficient (Wildman–Crippen LogP) is -2.52. The van der Waals surface area contributed by atoms with Gasteiger partial charge >= 0.3 is 51.4 Å². The van der Waals surface area contributed by atoms with Gasteiger partial charge < -0.3 is 10.3 Å². The largest absolute Gasteiger partial charge is 1.00 e. The zero-order chi connectivity index (χ0) is 22.1. The normalized spacial score (nSPS) is 13.3. The first-order chi connectivity index (χ1) is 12.9. The third-order valence-electron chi connectivity index (χ3n) is 3.55. The Hall–Kier alpha value is 0.256. The van der Waals surface area contributed by atoms with E-state index in [9.17, 15) is 35.4 Å². The van der Waals surface area contributed by atoms with E-state index in [0.29, 0.717) is 0 Å². The number of thiol groups is 1. The van der Waals surface area contributed by atoms with Crippen molar-refractivity contribution in [3.05, 3.63) is 35.4 Å². The van der Waals surface area contributed by atoms with Gasteiger partial charge in [-0.3, -0.25) is 18.5 Å². The van der Waals surface area contributed by atoms with Gasteiger partial charge in [0.25, 0.3) is 10.1 Å². The minimum Gasteiger partial charge on any atom is -0.747 e. The van der Waals surface area contributed by atoms with Crippen molar-refractivity contribution < 1.29 is 91.3 Å². The first-order valence-electron chi connectivity index (χ1n) is 7.73. The average molecular weight is 498 g/mol. The van der Waals surface area contributed by atoms with Gasteiger partial charge in [0.15, 0.2) is 16.8 Å². The van der Waals surface area contributed by atoms with Gasteiger partial charge in [0.05, 0.1) is 6.67 Å². The summed E-state index contributed by atoms with van der Waals surface area (Å²) < 4.78 is 77.3. The minimum atomic E-state index is -4.94. The number of nitrogens with two attached hydrogens (primary N) is 1. The molecule has 0 aliphatic carbocycles. The molecule has 0 bridgehead atoms. The van der Waals surface area contributed by atoms with Crippen LogP contribution in [0.3, 0.4) is 0 Å². The van der Waals surface area contributed by atoms with Crippen LogP contribution in [0.4, 0.5) is 4.39 Å². The van der Waals surface area contributed by atoms with Crippen LogP contribution in [0.5, 0.6) is 0 Å². The molecule has 1 aromatic carbocycles. The summed E-state index contributed by atoms with van der Waals surface area (Å²) in [6.07, 6.45) is 0.567. The molecule has 0 radical (unpaired) electrons. The number of ketones is 2. The Balaban J connectivity index is 0. The Morgan fingerprint density at radius 3 is 1.69 bits per heavy atom. The smallest absolute Gasteiger partial charge is 0.747 e. The van der Waals surface area contributed by atoms with Gasteiger partial charge in [0, 0.05) is 17.5 Å². The average Bonchev–Trinajstić information content (AvgIpc) is 2.63. The first-order valence-corrected chi connectivity index (χ1v) is 11.6. The molecule has 0 saturated heterocycles. The Kier molecular flexibility index (Phi) is 15.6. The van der Waals surface area contributed by atoms with Crippen LogP contribution in [-0.2, 0) is 20.2 Å². The maximum Gasteiger partial charge on any atom is 1.00 e. The summed E-state index contributed by atoms with van der Waals surface area (Å²) in [4.78, 5) is 24.3. The van der Waals surface area contributed by atoms with Crippen LogP contribution in [0.2, 0.25) is 0 Å². The van der Waals surface area contributed by atoms with E-state index in [1.807, 2.05) is 0 Å². The van der Waals surface area contributed by atoms with Crippen molar-refractivity contribution in [2.75, 3.05) is 19.5 Å². The molecule has 2 unspecified atom stereocenters. The molecule has 0 amide bonds. The van der Waals surface area contributed by atoms with Crippen molar-refractivity contribution in [2.24, 2.45) is 5.73 Å². The van der Waals surface area contributed by atoms with Crippen LogP contribution in [0, 0.1) is 0 Å². The van der Waals surface area contributed by atoms with E-state index in [1.54, 1.807) is 6.26 Å². The molecule has 9 nitrogen and oxygen atoms in total. The van der Waals surface area contributed by atoms with E-state index in [2.05, 4.69) is 12.6 Å². The molecule has 14 heteroatoms. The topological polar surface area (TPSA) is 172 Å². The van der Waals surface area contributed by atoms with E-state index >= 15 is 0 Å². The Morgan fingerprint density at radius 1 is 1.03 bits per heavy atom. The quantitative estimate of drug-likeness (QED) is 0.136. The Morgan fingerprint density at radius 2 is 1.41 bits per heavy atom. The number of carbonyl (C=O) groups is 2. The number of halogens is 1. The molecular weight excluding hydrogens is 476 g/mol. The van der Waals surface area contributed by atoms with Gasteiger partial charge in [0.2, 0.25) is 0 Å². The number of alkyl halides is 1. The van der Waals surface area contributed by atoms with Crippen molar-refractivity contribution in [1.29, 1.82) is 0 Å². The summed E-state index contributed by atoms with van der Waals surface area (Å²) in [5.74, 6) is -2.10. The van der Waals surface area contributed by atoms with E-state index in [-0.39, 0.29) is 75.5 Å². The van der Waals surface area contributed by atoms with Gasteiger partial charge in [-0.1, -0.05) is 24.3 Å². The number of hydrogen-bond donors (Lipinski definition) is 3. The summed E-state index contributed by atoms with van der Waals surface area (Å²) in [5, 5.41) is -3.88. The molecule has 0 aliphatic heterocycles. The molecule has 0 aromatic heterocycles. The van der Waals surface area contributed by atoms with E-state index in [1.165, 1.54) is 0 Å². The van der Waals surface area contributed by atoms with E-state index < -0.39 is 55.4 Å². The fourth-order valence-electron chi connectivity index (χ4n) is 2.24. The standard InChI is InChI=1S/C14H18FNO8S2.CH4S.K/c15-7-5-11(25(19,20)21)13(17)9-1-3-10(4-2-9)14(18)12(6-8-16)26(22,23)24;1-2;/h1-4,11-12H,5-8,16H2,(H,19,20,21)(H,22,23,24);2H,1H3;/q;;+1/p-1. The van der Waals surface area contributed by atoms with Gasteiger partial charge in [0.1, 0.15) is 15.4 Å². The molecule has 29 heavy (non-hydrogen) atoms. The van der Waals surface area contributed by atoms with Crippen molar-refractivity contribution >= 4 is 44.4 Å². The molecule has 1 aromatic rings. The SMILES string of the molecule is CS.NCCC(C(=O)c1ccc(C(=O)C(CCF)S(=O)(=O)O)cc1)S(=O)(=O)[O-].[K+]. The van der Waals surface area contributed by atoms with Crippen molar-refractivity contribution in [2.45, 2.75) is 23.3 Å². The summed E-state index contributed by atoms with van der Waals surface area (Å²) in [7, 11) is -9.77. The molecule has 2 atom stereocenters. The Labute approximate surface area is 217 Å². The van der Waals surface area contributed by atoms with Crippen LogP contribution in [-0.4, -0.2) is 67.5 Å². The zero-order valence-electron chi connectivity index (χ0n) is 15.8. The summed E-state index contributed by atoms with van der Waals surface area (Å²) >= 11 is 3.53. The van der Waals surface area contributed by atoms with Crippen LogP contribution in [0.15, 0.2) is 24.3 Å². The van der Waals surface area contributed by atoms with Crippen LogP contribution >= 0.6 is 12.6 Å². The van der Waals surface area contributed by atoms with Crippen LogP contribution in [0.25, 0.3) is 0 Å². The number of Topliss-reactive ketones (excluding diaryl/α,β-unsaturated/α-hetero) is 2. The number of rotatable bonds is 10. The third-order valence-corrected chi connectivity index (χ3v) is 5.86. The third kappa shape index (κ3) is 9.95. The van der Waals surface area contributed by atoms with Crippen LogP contribution in [0.1, 0.15) is 33.6 Å². The van der Waals surface area contributed by atoms with E-state index in [0.717, 1.165) is 24.3 Å². The number of carbonyl (C=O) groups excluding carboxylic acids is 2. The van der Waals surface area contributed by atoms with Crippen molar-refractivity contribution in [3.8, 4) is 0 Å². The Bertz CT molecular complexity index is 802. The van der Waals surface area contributed by atoms with Crippen molar-refractivity contribution in [3.63, 3.8) is 0 Å². The molecular formula is C15H21FKNO8S3. The second-order valence-electron chi connectivity index (χ2n) is 5.35. The maximum atomic E-state index is 12.4. The maximum absolute atomic E-state index is 12.4. The second kappa shape index (κ2) is 14.3. The van der Waals surface area contributed by atoms with Crippen LogP contribution < -0.4 is 57.1 Å². The molecule has 160 valence electrons. The minimum absolute atomic E-state index is 0. The second-order valence-corrected chi connectivity index (χ2v) is 8.50. The molecule has 0 heterocycles. The molecule has 3 N–H and O–H groups in total. The first kappa shape index (κ1) is 31.4. The predicted molar refractivity (Wildman–Crippen MR) is 103 cm³/mol. The molecule has 0 saturated carbocycles. The van der Waals surface area contributed by atoms with Gasteiger partial charge in [-0.2, -0.15) is 21.0 Å². The fourth-order valence-corrected chi connectivity index (χ4v) is 3.86. The molecule has 0 fully saturated rings. The van der Waals surface area contributed by atoms with Gasteiger partial charge in [-0.05, 0) is 19.2 Å². The van der Waals surface area contributed by atoms with Crippen molar-refractivity contribution in [1.82, 2.24) is 0 Å². The van der Waals surface area contributed by atoms with E-state index in [4.69, 9.17) is 10.3 Å². The molecule has 0 spiro atoms. The molecule has 1 rings (SSSR count). The fraction of sp³-hybridized carbons (Fsp3) is 0.467. The number of benzene rings is 1. The summed E-state index contributed by atoms with van der Waals surface area (Å²) in [6.45, 7) is -1.37. The van der Waals surface area contributed by atoms with Gasteiger partial charge in [-0.15, -0.1) is 0 Å². The van der Waals surface area contributed by atoms with Gasteiger partial charge in [-0.25, -0.2) is 8.42 Å². The molecule has 0 aliphatic rings. The summed E-state index contributed by atoms with van der Waals surface area (Å²) in [5.41, 5.74) is 4.76.